The van der Waals surface area contributed by atoms with E-state index in [1.807, 2.05) is 39.8 Å². The smallest absolute Gasteiger partial charge is 0.252 e. The Hall–Kier alpha value is -2.36. The maximum atomic E-state index is 12.5. The van der Waals surface area contributed by atoms with Crippen molar-refractivity contribution in [3.05, 3.63) is 48.3 Å². The standard InChI is InChI=1S/C18H22N2O2/c1-6-22-12(2)13-7-8-15(17(21)20-18(3,4)5)16-11-19-10-9-14(13)16/h7-11H,2,6H2,1,3-5H3,(H,20,21). The quantitative estimate of drug-likeness (QED) is 0.874. The fourth-order valence-electron chi connectivity index (χ4n) is 2.29. The third kappa shape index (κ3) is 3.45. The van der Waals surface area contributed by atoms with Gasteiger partial charge in [0.15, 0.2) is 0 Å². The zero-order valence-corrected chi connectivity index (χ0v) is 13.6. The van der Waals surface area contributed by atoms with Gasteiger partial charge in [-0.3, -0.25) is 9.78 Å². The average Bonchev–Trinajstić information content (AvgIpc) is 2.44. The van der Waals surface area contributed by atoms with Crippen LogP contribution >= 0.6 is 0 Å². The molecule has 4 nitrogen and oxygen atoms in total. The molecule has 22 heavy (non-hydrogen) atoms. The molecule has 0 saturated carbocycles. The molecule has 0 fully saturated rings. The van der Waals surface area contributed by atoms with E-state index < -0.39 is 0 Å². The first-order chi connectivity index (χ1) is 10.3. The number of nitrogens with zero attached hydrogens (tertiary/aromatic N) is 1. The van der Waals surface area contributed by atoms with Crippen molar-refractivity contribution >= 4 is 22.4 Å². The SMILES string of the molecule is C=C(OCC)c1ccc(C(=O)NC(C)(C)C)c2cnccc12. The number of benzene rings is 1. The summed E-state index contributed by atoms with van der Waals surface area (Å²) >= 11 is 0. The Morgan fingerprint density at radius 3 is 2.55 bits per heavy atom. The minimum absolute atomic E-state index is 0.112. The average molecular weight is 298 g/mol. The van der Waals surface area contributed by atoms with Crippen LogP contribution in [0.5, 0.6) is 0 Å². The molecule has 0 saturated heterocycles. The first-order valence-electron chi connectivity index (χ1n) is 7.35. The molecule has 2 rings (SSSR count). The van der Waals surface area contributed by atoms with E-state index in [4.69, 9.17) is 4.74 Å². The highest BCUT2D eigenvalue weighted by molar-refractivity contribution is 6.09. The molecule has 0 aliphatic carbocycles. The lowest BCUT2D eigenvalue weighted by molar-refractivity contribution is 0.0921. The maximum absolute atomic E-state index is 12.5. The Kier molecular flexibility index (Phi) is 4.50. The van der Waals surface area contributed by atoms with E-state index in [1.54, 1.807) is 18.5 Å². The van der Waals surface area contributed by atoms with Gasteiger partial charge in [-0.25, -0.2) is 0 Å². The zero-order valence-electron chi connectivity index (χ0n) is 13.6. The molecule has 1 aromatic heterocycles. The molecule has 0 radical (unpaired) electrons. The van der Waals surface area contributed by atoms with Crippen molar-refractivity contribution < 1.29 is 9.53 Å². The summed E-state index contributed by atoms with van der Waals surface area (Å²) in [5.74, 6) is 0.487. The van der Waals surface area contributed by atoms with Crippen LogP contribution in [0, 0.1) is 0 Å². The van der Waals surface area contributed by atoms with Crippen LogP contribution in [0.3, 0.4) is 0 Å². The van der Waals surface area contributed by atoms with Crippen LogP contribution in [0.1, 0.15) is 43.6 Å². The lowest BCUT2D eigenvalue weighted by Crippen LogP contribution is -2.40. The summed E-state index contributed by atoms with van der Waals surface area (Å²) < 4.78 is 5.50. The lowest BCUT2D eigenvalue weighted by Gasteiger charge is -2.21. The first-order valence-corrected chi connectivity index (χ1v) is 7.35. The number of fused-ring (bicyclic) bond motifs is 1. The highest BCUT2D eigenvalue weighted by atomic mass is 16.5. The van der Waals surface area contributed by atoms with Crippen LogP contribution in [0.2, 0.25) is 0 Å². The van der Waals surface area contributed by atoms with Gasteiger partial charge in [-0.05, 0) is 51.3 Å². The Morgan fingerprint density at radius 2 is 1.91 bits per heavy atom. The number of pyridine rings is 1. The van der Waals surface area contributed by atoms with Gasteiger partial charge in [0.2, 0.25) is 0 Å². The van der Waals surface area contributed by atoms with Crippen molar-refractivity contribution in [1.82, 2.24) is 10.3 Å². The maximum Gasteiger partial charge on any atom is 0.252 e. The summed E-state index contributed by atoms with van der Waals surface area (Å²) in [4.78, 5) is 16.6. The molecule has 1 N–H and O–H groups in total. The molecular formula is C18H22N2O2. The van der Waals surface area contributed by atoms with Gasteiger partial charge in [0, 0.05) is 34.4 Å². The largest absolute Gasteiger partial charge is 0.494 e. The third-order valence-corrected chi connectivity index (χ3v) is 3.17. The monoisotopic (exact) mass is 298 g/mol. The topological polar surface area (TPSA) is 51.2 Å². The summed E-state index contributed by atoms with van der Waals surface area (Å²) in [7, 11) is 0. The van der Waals surface area contributed by atoms with Gasteiger partial charge in [-0.1, -0.05) is 6.58 Å². The van der Waals surface area contributed by atoms with E-state index in [1.165, 1.54) is 0 Å². The van der Waals surface area contributed by atoms with Gasteiger partial charge < -0.3 is 10.1 Å². The molecule has 116 valence electrons. The van der Waals surface area contributed by atoms with E-state index >= 15 is 0 Å². The Morgan fingerprint density at radius 1 is 1.23 bits per heavy atom. The first kappa shape index (κ1) is 16.0. The summed E-state index contributed by atoms with van der Waals surface area (Å²) in [6.07, 6.45) is 3.41. The van der Waals surface area contributed by atoms with Crippen molar-refractivity contribution in [2.45, 2.75) is 33.2 Å². The molecule has 0 aliphatic heterocycles. The molecule has 0 unspecified atom stereocenters. The number of carbonyl (C=O) groups excluding carboxylic acids is 1. The second-order valence-electron chi connectivity index (χ2n) is 6.14. The molecule has 2 aromatic rings. The van der Waals surface area contributed by atoms with E-state index in [2.05, 4.69) is 16.9 Å². The van der Waals surface area contributed by atoms with E-state index in [-0.39, 0.29) is 11.4 Å². The normalized spacial score (nSPS) is 11.3. The predicted octanol–water partition coefficient (Wildman–Crippen LogP) is 3.77. The summed E-state index contributed by atoms with van der Waals surface area (Å²) in [6, 6.07) is 5.55. The van der Waals surface area contributed by atoms with E-state index in [0.717, 1.165) is 16.3 Å². The van der Waals surface area contributed by atoms with Crippen LogP contribution in [0.4, 0.5) is 0 Å². The molecular weight excluding hydrogens is 276 g/mol. The molecule has 1 aromatic carbocycles. The second kappa shape index (κ2) is 6.18. The molecule has 1 heterocycles. The number of amides is 1. The zero-order chi connectivity index (χ0) is 16.3. The Bertz CT molecular complexity index is 715. The second-order valence-corrected chi connectivity index (χ2v) is 6.14. The van der Waals surface area contributed by atoms with Crippen molar-refractivity contribution in [3.8, 4) is 0 Å². The highest BCUT2D eigenvalue weighted by Crippen LogP contribution is 2.27. The molecule has 1 amide bonds. The van der Waals surface area contributed by atoms with Crippen LogP contribution in [0.15, 0.2) is 37.2 Å². The minimum Gasteiger partial charge on any atom is -0.494 e. The Balaban J connectivity index is 2.53. The molecule has 0 bridgehead atoms. The number of carbonyl (C=O) groups is 1. The van der Waals surface area contributed by atoms with Crippen molar-refractivity contribution in [3.63, 3.8) is 0 Å². The van der Waals surface area contributed by atoms with E-state index in [0.29, 0.717) is 17.9 Å². The van der Waals surface area contributed by atoms with E-state index in [9.17, 15) is 4.79 Å². The fourth-order valence-corrected chi connectivity index (χ4v) is 2.29. The molecule has 0 atom stereocenters. The molecule has 4 heteroatoms. The number of hydrogen-bond acceptors (Lipinski definition) is 3. The van der Waals surface area contributed by atoms with Crippen LogP contribution in [-0.2, 0) is 4.74 Å². The van der Waals surface area contributed by atoms with Crippen LogP contribution in [0.25, 0.3) is 16.5 Å². The minimum atomic E-state index is -0.292. The summed E-state index contributed by atoms with van der Waals surface area (Å²) in [6.45, 7) is 12.3. The number of ether oxygens (including phenoxy) is 1. The van der Waals surface area contributed by atoms with Crippen molar-refractivity contribution in [1.29, 1.82) is 0 Å². The van der Waals surface area contributed by atoms with Gasteiger partial charge in [0.25, 0.3) is 5.91 Å². The molecule has 0 aliphatic rings. The number of nitrogens with one attached hydrogen (secondary N) is 1. The number of rotatable bonds is 4. The van der Waals surface area contributed by atoms with Crippen molar-refractivity contribution in [2.75, 3.05) is 6.61 Å². The van der Waals surface area contributed by atoms with Crippen LogP contribution < -0.4 is 5.32 Å². The van der Waals surface area contributed by atoms with Gasteiger partial charge in [-0.2, -0.15) is 0 Å². The van der Waals surface area contributed by atoms with Gasteiger partial charge in [-0.15, -0.1) is 0 Å². The number of aromatic nitrogens is 1. The Labute approximate surface area is 131 Å². The predicted molar refractivity (Wildman–Crippen MR) is 89.6 cm³/mol. The number of hydrogen-bond donors (Lipinski definition) is 1. The van der Waals surface area contributed by atoms with Crippen LogP contribution in [-0.4, -0.2) is 23.0 Å². The lowest BCUT2D eigenvalue weighted by atomic mass is 9.99. The third-order valence-electron chi connectivity index (χ3n) is 3.17. The van der Waals surface area contributed by atoms with Gasteiger partial charge in [0.05, 0.1) is 6.61 Å². The fraction of sp³-hybridized carbons (Fsp3) is 0.333. The molecule has 0 spiro atoms. The highest BCUT2D eigenvalue weighted by Gasteiger charge is 2.18. The van der Waals surface area contributed by atoms with Gasteiger partial charge in [0.1, 0.15) is 5.76 Å². The summed E-state index contributed by atoms with van der Waals surface area (Å²) in [5, 5.41) is 4.69. The van der Waals surface area contributed by atoms with Crippen molar-refractivity contribution in [2.24, 2.45) is 0 Å². The van der Waals surface area contributed by atoms with Gasteiger partial charge >= 0.3 is 0 Å². The summed E-state index contributed by atoms with van der Waals surface area (Å²) in [5.41, 5.74) is 1.19.